The largest absolute Gasteiger partial charge is 0.338 e. The van der Waals surface area contributed by atoms with E-state index in [0.717, 1.165) is 59.4 Å². The second-order valence-electron chi connectivity index (χ2n) is 7.45. The number of carbonyl (C=O) groups excluding carboxylic acids is 1. The lowest BCUT2D eigenvalue weighted by Gasteiger charge is -2.24. The van der Waals surface area contributed by atoms with Crippen LogP contribution in [-0.4, -0.2) is 51.6 Å². The molecule has 1 N–H and O–H groups in total. The summed E-state index contributed by atoms with van der Waals surface area (Å²) in [4.78, 5) is 19.6. The molecule has 2 aromatic heterocycles. The number of hydrogen-bond acceptors (Lipinski definition) is 4. The lowest BCUT2D eigenvalue weighted by Crippen LogP contribution is -2.40. The summed E-state index contributed by atoms with van der Waals surface area (Å²) in [6.45, 7) is 5.86. The topological polar surface area (TPSA) is 62.5 Å². The molecule has 0 bridgehead atoms. The Morgan fingerprint density at radius 2 is 2.07 bits per heavy atom. The van der Waals surface area contributed by atoms with Crippen molar-refractivity contribution in [3.8, 4) is 0 Å². The van der Waals surface area contributed by atoms with Crippen molar-refractivity contribution in [2.24, 2.45) is 0 Å². The fourth-order valence-electron chi connectivity index (χ4n) is 4.33. The minimum Gasteiger partial charge on any atom is -0.338 e. The molecule has 1 aliphatic rings. The zero-order valence-corrected chi connectivity index (χ0v) is 17.6. The van der Waals surface area contributed by atoms with Crippen LogP contribution in [0.1, 0.15) is 36.2 Å². The number of aryl methyl sites for hydroxylation is 2. The molecule has 28 heavy (non-hydrogen) atoms. The maximum atomic E-state index is 12.8. The van der Waals surface area contributed by atoms with Gasteiger partial charge in [0.25, 0.3) is 0 Å². The van der Waals surface area contributed by atoms with E-state index in [2.05, 4.69) is 23.2 Å². The quantitative estimate of drug-likeness (QED) is 0.713. The molecule has 3 heterocycles. The second-order valence-corrected chi connectivity index (χ2v) is 7.45. The highest BCUT2D eigenvalue weighted by atomic mass is 35.5. The predicted octanol–water partition coefficient (Wildman–Crippen LogP) is 3.06. The Balaban J connectivity index is 0.00000225. The molecule has 1 atom stereocenters. The van der Waals surface area contributed by atoms with Gasteiger partial charge in [0.1, 0.15) is 0 Å². The highest BCUT2D eigenvalue weighted by molar-refractivity contribution is 5.92. The molecule has 7 heteroatoms. The molecule has 0 radical (unpaired) electrons. The number of hydrogen-bond donors (Lipinski definition) is 1. The average molecular weight is 402 g/mol. The fraction of sp³-hybridized carbons (Fsp3) is 0.476. The van der Waals surface area contributed by atoms with E-state index in [-0.39, 0.29) is 18.3 Å². The van der Waals surface area contributed by atoms with Crippen molar-refractivity contribution in [3.63, 3.8) is 0 Å². The molecule has 0 saturated carbocycles. The molecule has 3 aromatic rings. The van der Waals surface area contributed by atoms with Crippen molar-refractivity contribution in [2.45, 2.75) is 45.6 Å². The Morgan fingerprint density at radius 3 is 2.86 bits per heavy atom. The van der Waals surface area contributed by atoms with Crippen LogP contribution in [0.5, 0.6) is 0 Å². The van der Waals surface area contributed by atoms with Crippen LogP contribution in [0.2, 0.25) is 0 Å². The van der Waals surface area contributed by atoms with Gasteiger partial charge in [-0.05, 0) is 57.9 Å². The molecule has 1 aromatic carbocycles. The Hall–Kier alpha value is -2.18. The molecular weight excluding hydrogens is 374 g/mol. The second kappa shape index (κ2) is 8.45. The van der Waals surface area contributed by atoms with Gasteiger partial charge in [-0.25, -0.2) is 9.50 Å². The van der Waals surface area contributed by atoms with Crippen molar-refractivity contribution in [1.82, 2.24) is 24.8 Å². The van der Waals surface area contributed by atoms with E-state index < -0.39 is 0 Å². The maximum absolute atomic E-state index is 12.8. The van der Waals surface area contributed by atoms with Gasteiger partial charge in [-0.3, -0.25) is 4.79 Å². The summed E-state index contributed by atoms with van der Waals surface area (Å²) in [7, 11) is 1.95. The van der Waals surface area contributed by atoms with E-state index in [1.165, 1.54) is 0 Å². The molecule has 150 valence electrons. The van der Waals surface area contributed by atoms with E-state index in [1.807, 2.05) is 36.7 Å². The Morgan fingerprint density at radius 1 is 1.29 bits per heavy atom. The number of halogens is 1. The van der Waals surface area contributed by atoms with E-state index >= 15 is 0 Å². The molecule has 1 fully saturated rings. The van der Waals surface area contributed by atoms with Gasteiger partial charge in [-0.1, -0.05) is 12.1 Å². The third kappa shape index (κ3) is 3.59. The lowest BCUT2D eigenvalue weighted by atomic mass is 10.1. The van der Waals surface area contributed by atoms with Crippen LogP contribution in [0.3, 0.4) is 0 Å². The van der Waals surface area contributed by atoms with E-state index in [0.29, 0.717) is 18.9 Å². The first kappa shape index (κ1) is 20.6. The van der Waals surface area contributed by atoms with Gasteiger partial charge in [-0.2, -0.15) is 5.10 Å². The summed E-state index contributed by atoms with van der Waals surface area (Å²) in [6.07, 6.45) is 3.43. The normalized spacial score (nSPS) is 16.7. The monoisotopic (exact) mass is 401 g/mol. The molecule has 1 amide bonds. The van der Waals surface area contributed by atoms with Crippen molar-refractivity contribution < 1.29 is 4.79 Å². The molecule has 1 saturated heterocycles. The molecule has 0 aliphatic carbocycles. The summed E-state index contributed by atoms with van der Waals surface area (Å²) in [5.74, 6) is 0.247. The zero-order valence-electron chi connectivity index (χ0n) is 16.7. The van der Waals surface area contributed by atoms with Crippen LogP contribution in [0, 0.1) is 13.8 Å². The molecular formula is C21H28ClN5O. The summed E-state index contributed by atoms with van der Waals surface area (Å²) in [6, 6.07) is 8.41. The number of benzene rings is 1. The number of aromatic nitrogens is 3. The first-order valence-electron chi connectivity index (χ1n) is 9.77. The molecule has 4 rings (SSSR count). The van der Waals surface area contributed by atoms with Gasteiger partial charge in [-0.15, -0.1) is 12.4 Å². The highest BCUT2D eigenvalue weighted by Crippen LogP contribution is 2.24. The molecule has 1 aliphatic heterocycles. The lowest BCUT2D eigenvalue weighted by molar-refractivity contribution is -0.131. The minimum atomic E-state index is 0. The predicted molar refractivity (Wildman–Crippen MR) is 114 cm³/mol. The first-order valence-corrected chi connectivity index (χ1v) is 9.77. The van der Waals surface area contributed by atoms with Crippen LogP contribution >= 0.6 is 12.4 Å². The number of nitrogens with zero attached hydrogens (tertiary/aromatic N) is 4. The van der Waals surface area contributed by atoms with E-state index in [4.69, 9.17) is 10.1 Å². The van der Waals surface area contributed by atoms with E-state index in [1.54, 1.807) is 0 Å². The van der Waals surface area contributed by atoms with Crippen molar-refractivity contribution in [1.29, 1.82) is 0 Å². The van der Waals surface area contributed by atoms with Gasteiger partial charge in [0.15, 0.2) is 5.65 Å². The first-order chi connectivity index (χ1) is 13.1. The third-order valence-electron chi connectivity index (χ3n) is 5.74. The van der Waals surface area contributed by atoms with Crippen molar-refractivity contribution >= 4 is 34.9 Å². The summed E-state index contributed by atoms with van der Waals surface area (Å²) >= 11 is 0. The van der Waals surface area contributed by atoms with Crippen LogP contribution in [0.25, 0.3) is 16.6 Å². The minimum absolute atomic E-state index is 0. The zero-order chi connectivity index (χ0) is 19.0. The maximum Gasteiger partial charge on any atom is 0.223 e. The summed E-state index contributed by atoms with van der Waals surface area (Å²) in [5.41, 5.74) is 5.05. The fourth-order valence-corrected chi connectivity index (χ4v) is 4.33. The SMILES string of the molecule is CNCC1CCCN1C(=O)CCc1c(C)nc2c3ccccc3nn2c1C.Cl. The van der Waals surface area contributed by atoms with Crippen molar-refractivity contribution in [2.75, 3.05) is 20.1 Å². The number of carbonyl (C=O) groups is 1. The van der Waals surface area contributed by atoms with Gasteiger partial charge in [0, 0.05) is 42.3 Å². The van der Waals surface area contributed by atoms with Gasteiger partial charge >= 0.3 is 0 Å². The number of rotatable bonds is 5. The summed E-state index contributed by atoms with van der Waals surface area (Å²) < 4.78 is 1.93. The number of likely N-dealkylation sites (tertiary alicyclic amines) is 1. The molecule has 6 nitrogen and oxygen atoms in total. The van der Waals surface area contributed by atoms with Gasteiger partial charge in [0.05, 0.1) is 5.52 Å². The van der Waals surface area contributed by atoms with E-state index in [9.17, 15) is 4.79 Å². The van der Waals surface area contributed by atoms with Gasteiger partial charge in [0.2, 0.25) is 5.91 Å². The number of nitrogens with one attached hydrogen (secondary N) is 1. The number of amides is 1. The summed E-state index contributed by atoms with van der Waals surface area (Å²) in [5, 5.41) is 8.98. The van der Waals surface area contributed by atoms with Crippen LogP contribution in [-0.2, 0) is 11.2 Å². The number of fused-ring (bicyclic) bond motifs is 3. The number of likely N-dealkylation sites (N-methyl/N-ethyl adjacent to an activating group) is 1. The van der Waals surface area contributed by atoms with Crippen LogP contribution in [0.15, 0.2) is 24.3 Å². The van der Waals surface area contributed by atoms with Gasteiger partial charge < -0.3 is 10.2 Å². The Labute approximate surface area is 171 Å². The molecule has 1 unspecified atom stereocenters. The molecule has 0 spiro atoms. The smallest absolute Gasteiger partial charge is 0.223 e. The van der Waals surface area contributed by atoms with Crippen LogP contribution < -0.4 is 5.32 Å². The Bertz CT molecular complexity index is 999. The standard InChI is InChI=1S/C21H27N5O.ClH/c1-14-17(10-11-20(27)25-12-6-7-16(25)13-22-3)15(2)26-21(23-14)18-8-4-5-9-19(18)24-26;/h4-5,8-9,16,22H,6-7,10-13H2,1-3H3;1H. The highest BCUT2D eigenvalue weighted by Gasteiger charge is 2.28. The van der Waals surface area contributed by atoms with Crippen LogP contribution in [0.4, 0.5) is 0 Å². The Kier molecular flexibility index (Phi) is 6.20. The average Bonchev–Trinajstić information content (AvgIpc) is 3.27. The third-order valence-corrected chi connectivity index (χ3v) is 5.74. The van der Waals surface area contributed by atoms with Crippen molar-refractivity contribution in [3.05, 3.63) is 41.2 Å².